The summed E-state index contributed by atoms with van der Waals surface area (Å²) in [5.41, 5.74) is 1.27. The van der Waals surface area contributed by atoms with Crippen LogP contribution in [0.4, 0.5) is 26.2 Å². The average molecular weight is 396 g/mol. The number of hydrogen-bond acceptors (Lipinski definition) is 6. The van der Waals surface area contributed by atoms with Crippen LogP contribution in [0.25, 0.3) is 0 Å². The third kappa shape index (κ3) is 4.59. The van der Waals surface area contributed by atoms with E-state index >= 15 is 0 Å². The number of para-hydroxylation sites is 1. The van der Waals surface area contributed by atoms with E-state index in [1.165, 1.54) is 12.1 Å². The molecule has 6 nitrogen and oxygen atoms in total. The first-order chi connectivity index (χ1) is 14.2. The molecule has 2 heterocycles. The topological polar surface area (TPSA) is 57.2 Å². The number of hydrogen-bond donors (Lipinski definition) is 1. The number of piperazine rings is 1. The number of rotatable bonds is 6. The minimum atomic E-state index is -0.213. The fourth-order valence-electron chi connectivity index (χ4n) is 3.42. The molecule has 1 aliphatic heterocycles. The Morgan fingerprint density at radius 1 is 0.862 bits per heavy atom. The predicted molar refractivity (Wildman–Crippen MR) is 109 cm³/mol. The zero-order valence-corrected chi connectivity index (χ0v) is 15.9. The Bertz CT molecular complexity index is 959. The first-order valence-corrected chi connectivity index (χ1v) is 9.62. The van der Waals surface area contributed by atoms with Crippen molar-refractivity contribution in [1.29, 1.82) is 0 Å². The van der Waals surface area contributed by atoms with Crippen molar-refractivity contribution in [1.82, 2.24) is 15.2 Å². The molecule has 0 bridgehead atoms. The highest BCUT2D eigenvalue weighted by Crippen LogP contribution is 2.22. The van der Waals surface area contributed by atoms with E-state index in [4.69, 9.17) is 0 Å². The zero-order chi connectivity index (χ0) is 20.1. The summed E-state index contributed by atoms with van der Waals surface area (Å²) in [4.78, 5) is 8.66. The number of anilines is 3. The highest BCUT2D eigenvalue weighted by Gasteiger charge is 2.20. The number of aromatic nitrogens is 3. The van der Waals surface area contributed by atoms with Crippen LogP contribution in [0, 0.1) is 11.6 Å². The van der Waals surface area contributed by atoms with Gasteiger partial charge in [-0.1, -0.05) is 30.3 Å². The molecule has 3 aromatic rings. The maximum atomic E-state index is 14.0. The van der Waals surface area contributed by atoms with Gasteiger partial charge < -0.3 is 15.1 Å². The van der Waals surface area contributed by atoms with Gasteiger partial charge in [0.1, 0.15) is 11.6 Å². The third-order valence-corrected chi connectivity index (χ3v) is 4.98. The van der Waals surface area contributed by atoms with Crippen molar-refractivity contribution in [3.63, 3.8) is 0 Å². The van der Waals surface area contributed by atoms with Gasteiger partial charge in [-0.2, -0.15) is 10.1 Å². The van der Waals surface area contributed by atoms with Crippen molar-refractivity contribution in [3.05, 3.63) is 71.9 Å². The van der Waals surface area contributed by atoms with Crippen LogP contribution in [0.15, 0.2) is 54.7 Å². The molecular weight excluding hydrogens is 374 g/mol. The zero-order valence-electron chi connectivity index (χ0n) is 15.9. The van der Waals surface area contributed by atoms with E-state index in [1.807, 2.05) is 17.0 Å². The average Bonchev–Trinajstić information content (AvgIpc) is 2.76. The normalized spacial score (nSPS) is 14.1. The summed E-state index contributed by atoms with van der Waals surface area (Å²) < 4.78 is 27.7. The van der Waals surface area contributed by atoms with Crippen LogP contribution >= 0.6 is 0 Å². The smallest absolute Gasteiger partial charge is 0.244 e. The number of benzene rings is 2. The molecule has 0 radical (unpaired) electrons. The fourth-order valence-corrected chi connectivity index (χ4v) is 3.42. The summed E-state index contributed by atoms with van der Waals surface area (Å²) in [6.45, 7) is 3.32. The molecule has 150 valence electrons. The van der Waals surface area contributed by atoms with E-state index in [0.29, 0.717) is 56.3 Å². The van der Waals surface area contributed by atoms with E-state index in [0.717, 1.165) is 5.82 Å². The second-order valence-corrected chi connectivity index (χ2v) is 6.83. The highest BCUT2D eigenvalue weighted by atomic mass is 19.1. The molecule has 1 aromatic heterocycles. The molecule has 0 aliphatic carbocycles. The van der Waals surface area contributed by atoms with Gasteiger partial charge in [0, 0.05) is 32.7 Å². The lowest BCUT2D eigenvalue weighted by Gasteiger charge is -2.36. The van der Waals surface area contributed by atoms with Gasteiger partial charge in [0.25, 0.3) is 0 Å². The van der Waals surface area contributed by atoms with Crippen LogP contribution in [-0.2, 0) is 6.42 Å². The molecule has 2 aromatic carbocycles. The molecule has 0 unspecified atom stereocenters. The molecule has 0 saturated carbocycles. The molecule has 29 heavy (non-hydrogen) atoms. The molecule has 1 aliphatic rings. The van der Waals surface area contributed by atoms with E-state index in [1.54, 1.807) is 30.5 Å². The van der Waals surface area contributed by atoms with Crippen LogP contribution in [-0.4, -0.2) is 47.9 Å². The molecule has 0 amide bonds. The molecule has 1 saturated heterocycles. The number of halogens is 2. The minimum absolute atomic E-state index is 0.203. The van der Waals surface area contributed by atoms with Gasteiger partial charge in [-0.05, 0) is 30.2 Å². The van der Waals surface area contributed by atoms with E-state index in [-0.39, 0.29) is 11.6 Å². The lowest BCUT2D eigenvalue weighted by Crippen LogP contribution is -2.47. The molecule has 0 spiro atoms. The molecule has 1 fully saturated rings. The van der Waals surface area contributed by atoms with Crippen LogP contribution < -0.4 is 15.1 Å². The van der Waals surface area contributed by atoms with Gasteiger partial charge in [0.15, 0.2) is 5.82 Å². The van der Waals surface area contributed by atoms with Gasteiger partial charge in [-0.25, -0.2) is 8.78 Å². The maximum Gasteiger partial charge on any atom is 0.244 e. The van der Waals surface area contributed by atoms with Crippen molar-refractivity contribution < 1.29 is 8.78 Å². The van der Waals surface area contributed by atoms with Crippen molar-refractivity contribution >= 4 is 17.5 Å². The van der Waals surface area contributed by atoms with Crippen LogP contribution in [0.1, 0.15) is 5.56 Å². The molecule has 8 heteroatoms. The Kier molecular flexibility index (Phi) is 5.79. The van der Waals surface area contributed by atoms with Crippen molar-refractivity contribution in [2.24, 2.45) is 0 Å². The van der Waals surface area contributed by atoms with Crippen molar-refractivity contribution in [3.8, 4) is 0 Å². The lowest BCUT2D eigenvalue weighted by atomic mass is 10.1. The lowest BCUT2D eigenvalue weighted by molar-refractivity contribution is 0.595. The molecule has 0 atom stereocenters. The summed E-state index contributed by atoms with van der Waals surface area (Å²) in [5.74, 6) is 0.720. The van der Waals surface area contributed by atoms with Gasteiger partial charge in [0.05, 0.1) is 11.9 Å². The van der Waals surface area contributed by atoms with Gasteiger partial charge in [0.2, 0.25) is 5.95 Å². The van der Waals surface area contributed by atoms with Crippen LogP contribution in [0.5, 0.6) is 0 Å². The Morgan fingerprint density at radius 3 is 2.31 bits per heavy atom. The third-order valence-electron chi connectivity index (χ3n) is 4.98. The summed E-state index contributed by atoms with van der Waals surface area (Å²) in [5, 5.41) is 11.1. The number of nitrogens with zero attached hydrogens (tertiary/aromatic N) is 5. The summed E-state index contributed by atoms with van der Waals surface area (Å²) >= 11 is 0. The Hall–Kier alpha value is -3.29. The Labute approximate surface area is 168 Å². The van der Waals surface area contributed by atoms with Crippen molar-refractivity contribution in [2.45, 2.75) is 6.42 Å². The summed E-state index contributed by atoms with van der Waals surface area (Å²) in [7, 11) is 0. The van der Waals surface area contributed by atoms with Gasteiger partial charge in [-0.15, -0.1) is 5.10 Å². The van der Waals surface area contributed by atoms with Crippen LogP contribution in [0.3, 0.4) is 0 Å². The largest absolute Gasteiger partial charge is 0.366 e. The van der Waals surface area contributed by atoms with Gasteiger partial charge in [-0.3, -0.25) is 0 Å². The Balaban J connectivity index is 1.33. The SMILES string of the molecule is Fc1ccccc1CCNc1nncc(N2CCN(c3ccccc3F)CC2)n1. The maximum absolute atomic E-state index is 14.0. The molecule has 4 rings (SSSR count). The first kappa shape index (κ1) is 19.0. The standard InChI is InChI=1S/C21H22F2N6/c22-17-6-2-1-5-16(17)9-10-24-21-26-20(15-25-27-21)29-13-11-28(12-14-29)19-8-4-3-7-18(19)23/h1-8,15H,9-14H2,(H,24,26,27). The second-order valence-electron chi connectivity index (χ2n) is 6.83. The minimum Gasteiger partial charge on any atom is -0.366 e. The van der Waals surface area contributed by atoms with E-state index in [9.17, 15) is 8.78 Å². The monoisotopic (exact) mass is 396 g/mol. The van der Waals surface area contributed by atoms with E-state index in [2.05, 4.69) is 25.4 Å². The fraction of sp³-hybridized carbons (Fsp3) is 0.286. The molecular formula is C21H22F2N6. The van der Waals surface area contributed by atoms with Crippen molar-refractivity contribution in [2.75, 3.05) is 47.8 Å². The Morgan fingerprint density at radius 2 is 1.55 bits per heavy atom. The second kappa shape index (κ2) is 8.81. The molecule has 1 N–H and O–H groups in total. The predicted octanol–water partition coefficient (Wildman–Crippen LogP) is 3.13. The van der Waals surface area contributed by atoms with Crippen LogP contribution in [0.2, 0.25) is 0 Å². The van der Waals surface area contributed by atoms with E-state index < -0.39 is 0 Å². The first-order valence-electron chi connectivity index (χ1n) is 9.62. The number of nitrogens with one attached hydrogen (secondary N) is 1. The summed E-state index contributed by atoms with van der Waals surface area (Å²) in [6.07, 6.45) is 2.16. The quantitative estimate of drug-likeness (QED) is 0.691. The van der Waals surface area contributed by atoms with Gasteiger partial charge >= 0.3 is 0 Å². The summed E-state index contributed by atoms with van der Waals surface area (Å²) in [6, 6.07) is 13.5. The highest BCUT2D eigenvalue weighted by molar-refractivity contribution is 5.50.